The van der Waals surface area contributed by atoms with E-state index in [0.717, 1.165) is 56.1 Å². The van der Waals surface area contributed by atoms with Crippen molar-refractivity contribution < 1.29 is 134 Å². The smallest absolute Gasteiger partial charge is 0.731 e. The maximum Gasteiger partial charge on any atom is 1.00 e. The molecule has 0 radical (unpaired) electrons. The molecule has 2 aromatic heterocycles. The molecule has 2 atom stereocenters. The number of thiazole rings is 2. The van der Waals surface area contributed by atoms with Crippen molar-refractivity contribution in [1.82, 2.24) is 29.2 Å². The number of amides is 4. The Kier molecular flexibility index (Phi) is 23.7. The number of hydrogen-bond acceptors (Lipinski definition) is 22. The minimum Gasteiger partial charge on any atom is -0.731 e. The fourth-order valence-electron chi connectivity index (χ4n) is 9.43. The number of nitrogens with one attached hydrogen (secondary N) is 4. The first kappa shape index (κ1) is 73.2. The maximum absolute atomic E-state index is 13.4. The van der Waals surface area contributed by atoms with Gasteiger partial charge in [-0.15, -0.1) is 22.7 Å². The van der Waals surface area contributed by atoms with Crippen LogP contribution in [0.1, 0.15) is 72.5 Å². The van der Waals surface area contributed by atoms with E-state index in [4.69, 9.17) is 9.68 Å². The van der Waals surface area contributed by atoms with E-state index in [-0.39, 0.29) is 79.1 Å². The number of aliphatic carboxylic acids is 2. The number of nitrogens with zero attached hydrogens (tertiary/aromatic N) is 6. The Morgan fingerprint density at radius 1 is 0.489 bits per heavy atom. The van der Waals surface area contributed by atoms with Crippen molar-refractivity contribution in [3.8, 4) is 0 Å². The van der Waals surface area contributed by atoms with E-state index in [1.807, 2.05) is 182 Å². The zero-order valence-corrected chi connectivity index (χ0v) is 58.2. The Morgan fingerprint density at radius 2 is 0.734 bits per heavy atom. The first-order chi connectivity index (χ1) is 43.7. The summed E-state index contributed by atoms with van der Waals surface area (Å²) in [5, 5.41) is 42.1. The molecule has 0 bridgehead atoms. The van der Waals surface area contributed by atoms with Crippen molar-refractivity contribution in [3.63, 3.8) is 0 Å². The molecular weight excluding hydrogens is 1310 g/mol. The van der Waals surface area contributed by atoms with Crippen LogP contribution in [0.3, 0.4) is 0 Å². The Labute approximate surface area is 591 Å². The molecule has 6 aromatic carbocycles. The van der Waals surface area contributed by atoms with Gasteiger partial charge in [0.2, 0.25) is 11.2 Å². The molecule has 26 nitrogen and oxygen atoms in total. The normalized spacial score (nSPS) is 15.2. The number of carboxylic acid groups (broad SMARTS) is 2. The molecule has 476 valence electrons. The predicted molar refractivity (Wildman–Crippen MR) is 335 cm³/mol. The monoisotopic (exact) mass is 1370 g/mol. The zero-order chi connectivity index (χ0) is 66.2. The van der Waals surface area contributed by atoms with E-state index in [1.165, 1.54) is 38.5 Å². The SMILES string of the molecule is CC(C)(ON=C(C(=O)NC1CN(S(=O)(=O)[O-])C1=O)c1csc(NC(c2ccccc2)(c2ccccc2)c2ccccc2)n1)C(=O)O.CC(C)(ON=C(C(=O)NC1CN(S(=O)(=O)[O-])C1=O)c1csc(NC(c2ccccc2)(c2ccccc2)c2ccccc2)n1)C(=O)O.[Na+].[Na+]. The van der Waals surface area contributed by atoms with Crippen molar-refractivity contribution in [2.75, 3.05) is 23.7 Å². The summed E-state index contributed by atoms with van der Waals surface area (Å²) in [5.74, 6) is -6.96. The van der Waals surface area contributed by atoms with Crippen LogP contribution in [-0.4, -0.2) is 138 Å². The van der Waals surface area contributed by atoms with Crippen molar-refractivity contribution in [2.45, 2.75) is 62.1 Å². The molecule has 2 saturated heterocycles. The Hall–Kier alpha value is -8.24. The van der Waals surface area contributed by atoms with Crippen LogP contribution in [0, 0.1) is 0 Å². The number of anilines is 2. The second-order valence-electron chi connectivity index (χ2n) is 21.4. The first-order valence-corrected chi connectivity index (χ1v) is 32.1. The van der Waals surface area contributed by atoms with E-state index in [9.17, 15) is 64.9 Å². The summed E-state index contributed by atoms with van der Waals surface area (Å²) in [5.41, 5.74) is -1.22. The molecule has 2 fully saturated rings. The molecule has 94 heavy (non-hydrogen) atoms. The molecule has 4 amide bonds. The molecule has 10 rings (SSSR count). The maximum atomic E-state index is 13.4. The number of β-lactam (4-membered cyclic amide) rings is 2. The minimum absolute atomic E-state index is 0. The van der Waals surface area contributed by atoms with E-state index >= 15 is 0 Å². The molecule has 2 aliphatic heterocycles. The zero-order valence-electron chi connectivity index (χ0n) is 51.0. The van der Waals surface area contributed by atoms with Gasteiger partial charge >= 0.3 is 71.1 Å². The number of rotatable bonds is 24. The van der Waals surface area contributed by atoms with E-state index in [0.29, 0.717) is 10.3 Å². The molecule has 6 N–H and O–H groups in total. The van der Waals surface area contributed by atoms with Crippen molar-refractivity contribution in [2.24, 2.45) is 10.3 Å². The quantitative estimate of drug-likeness (QED) is 0.0114. The summed E-state index contributed by atoms with van der Waals surface area (Å²) in [6.45, 7) is 3.77. The molecule has 2 aliphatic rings. The molecule has 8 aromatic rings. The number of oxime groups is 2. The number of benzene rings is 6. The van der Waals surface area contributed by atoms with E-state index in [1.54, 1.807) is 0 Å². The van der Waals surface area contributed by atoms with Gasteiger partial charge in [-0.3, -0.25) is 19.2 Å². The van der Waals surface area contributed by atoms with Crippen LogP contribution in [0.25, 0.3) is 0 Å². The number of carbonyl (C=O) groups is 6. The van der Waals surface area contributed by atoms with Gasteiger partial charge in [-0.1, -0.05) is 192 Å². The van der Waals surface area contributed by atoms with Crippen LogP contribution in [0.15, 0.2) is 203 Å². The summed E-state index contributed by atoms with van der Waals surface area (Å²) >= 11 is 2.28. The number of carboxylic acids is 2. The summed E-state index contributed by atoms with van der Waals surface area (Å²) in [4.78, 5) is 94.2. The topological polar surface area (TPSA) is 381 Å². The average molecular weight is 1370 g/mol. The van der Waals surface area contributed by atoms with Gasteiger partial charge in [0.1, 0.15) is 34.5 Å². The van der Waals surface area contributed by atoms with Crippen LogP contribution in [0.2, 0.25) is 0 Å². The summed E-state index contributed by atoms with van der Waals surface area (Å²) in [7, 11) is -10.1. The third-order valence-electron chi connectivity index (χ3n) is 14.4. The van der Waals surface area contributed by atoms with Gasteiger partial charge in [-0.2, -0.15) is 0 Å². The Balaban J connectivity index is 0.000000260. The van der Waals surface area contributed by atoms with Gasteiger partial charge in [-0.05, 0) is 61.1 Å². The summed E-state index contributed by atoms with van der Waals surface area (Å²) in [6, 6.07) is 55.5. The second-order valence-corrected chi connectivity index (χ2v) is 25.7. The Bertz CT molecular complexity index is 3860. The van der Waals surface area contributed by atoms with Gasteiger partial charge in [0.15, 0.2) is 42.3 Å². The van der Waals surface area contributed by atoms with E-state index in [2.05, 4.69) is 41.5 Å². The fraction of sp³-hybridized carbons (Fsp3) is 0.194. The third-order valence-corrected chi connectivity index (χ3v) is 17.7. The number of hydrogen-bond donors (Lipinski definition) is 6. The molecule has 4 heterocycles. The second kappa shape index (κ2) is 30.4. The number of aromatic nitrogens is 2. The van der Waals surface area contributed by atoms with Gasteiger partial charge in [0.25, 0.3) is 23.6 Å². The molecular formula is C62H56N10Na2O16S4. The molecule has 0 saturated carbocycles. The van der Waals surface area contributed by atoms with Gasteiger partial charge < -0.3 is 50.3 Å². The van der Waals surface area contributed by atoms with E-state index < -0.39 is 115 Å². The van der Waals surface area contributed by atoms with Crippen LogP contribution in [0.5, 0.6) is 0 Å². The molecule has 32 heteroatoms. The van der Waals surface area contributed by atoms with Gasteiger partial charge in [0, 0.05) is 10.8 Å². The number of carbonyl (C=O) groups excluding carboxylic acids is 4. The van der Waals surface area contributed by atoms with Crippen LogP contribution >= 0.6 is 22.7 Å². The standard InChI is InChI=1S/2C31H29N5O8S2.2Na/c2*1-30(2,28(39)40)44-35-25(26(37)32-23-18-36(27(23)38)46(41,42)43)24-19-45-29(33-24)34-31(20-12-6-3-7-13-20,21-14-8-4-9-15-21)22-16-10-5-11-17-22;;/h2*3-17,19,23H,18H2,1-2H3,(H,32,37)(H,33,34)(H,39,40)(H,41,42,43);;/q;;2*+1/p-2. The van der Waals surface area contributed by atoms with Crippen LogP contribution in [0.4, 0.5) is 10.3 Å². The van der Waals surface area contributed by atoms with Gasteiger partial charge in [-0.25, -0.2) is 45.0 Å². The molecule has 0 spiro atoms. The third kappa shape index (κ3) is 16.3. The van der Waals surface area contributed by atoms with Gasteiger partial charge in [0.05, 0.1) is 13.1 Å². The molecule has 2 unspecified atom stereocenters. The Morgan fingerprint density at radius 3 is 0.947 bits per heavy atom. The van der Waals surface area contributed by atoms with Crippen molar-refractivity contribution in [3.05, 3.63) is 238 Å². The van der Waals surface area contributed by atoms with Crippen molar-refractivity contribution in [1.29, 1.82) is 0 Å². The summed E-state index contributed by atoms with van der Waals surface area (Å²) in [6.07, 6.45) is 0. The van der Waals surface area contributed by atoms with Crippen LogP contribution < -0.4 is 80.4 Å². The van der Waals surface area contributed by atoms with Crippen LogP contribution in [-0.2, 0) is 70.1 Å². The summed E-state index contributed by atoms with van der Waals surface area (Å²) < 4.78 is 67.6. The molecule has 0 aliphatic carbocycles. The van der Waals surface area contributed by atoms with Crippen molar-refractivity contribution >= 4 is 101 Å². The first-order valence-electron chi connectivity index (χ1n) is 27.6. The largest absolute Gasteiger partial charge is 1.00 e. The fourth-order valence-corrected chi connectivity index (χ4v) is 12.3. The predicted octanol–water partition coefficient (Wildman–Crippen LogP) is -0.156. The average Bonchev–Trinajstić information content (AvgIpc) is 1.38. The minimum atomic E-state index is -5.04.